The molecule has 2 nitrogen and oxygen atoms in total. The number of nitrogens with two attached hydrogens (primary N) is 1. The molecule has 0 amide bonds. The summed E-state index contributed by atoms with van der Waals surface area (Å²) in [6.45, 7) is 4.93. The van der Waals surface area contributed by atoms with Crippen LogP contribution in [0.5, 0.6) is 0 Å². The maximum Gasteiger partial charge on any atom is 0.0508 e. The van der Waals surface area contributed by atoms with Gasteiger partial charge in [0.1, 0.15) is 0 Å². The molecule has 0 fully saturated rings. The van der Waals surface area contributed by atoms with Crippen LogP contribution in [0.25, 0.3) is 0 Å². The van der Waals surface area contributed by atoms with Crippen LogP contribution in [0, 0.1) is 6.92 Å². The summed E-state index contributed by atoms with van der Waals surface area (Å²) in [6, 6.07) is 0. The summed E-state index contributed by atoms with van der Waals surface area (Å²) in [4.78, 5) is 3.90. The largest absolute Gasteiger partial charge is 0.329 e. The molecular weight excluding hydrogens is 88.1 g/mol. The summed E-state index contributed by atoms with van der Waals surface area (Å²) in [7, 11) is 0. The fraction of sp³-hybridized carbons (Fsp3) is 0.600. The van der Waals surface area contributed by atoms with E-state index in [2.05, 4.69) is 11.9 Å². The minimum absolute atomic E-state index is 0.635. The van der Waals surface area contributed by atoms with Crippen LogP contribution in [0.1, 0.15) is 6.42 Å². The Morgan fingerprint density at radius 2 is 2.43 bits per heavy atom. The molecule has 2 heteroatoms. The SMILES string of the molecule is [CH2]CC=NCCN. The molecule has 0 aliphatic heterocycles. The first kappa shape index (κ1) is 6.63. The minimum atomic E-state index is 0.635. The van der Waals surface area contributed by atoms with Gasteiger partial charge in [-0.1, -0.05) is 0 Å². The molecule has 0 heterocycles. The number of nitrogens with zero attached hydrogens (tertiary/aromatic N) is 1. The highest BCUT2D eigenvalue weighted by molar-refractivity contribution is 5.57. The molecule has 0 saturated heterocycles. The first-order valence-electron chi connectivity index (χ1n) is 2.39. The third-order valence-electron chi connectivity index (χ3n) is 0.516. The summed E-state index contributed by atoms with van der Waals surface area (Å²) in [5.41, 5.74) is 5.14. The molecule has 0 rings (SSSR count). The lowest BCUT2D eigenvalue weighted by molar-refractivity contribution is 0.977. The van der Waals surface area contributed by atoms with Crippen LogP contribution in [-0.2, 0) is 0 Å². The van der Waals surface area contributed by atoms with Gasteiger partial charge in [0, 0.05) is 6.54 Å². The molecule has 0 aromatic rings. The Kier molecular flexibility index (Phi) is 5.33. The van der Waals surface area contributed by atoms with Gasteiger partial charge in [0.15, 0.2) is 0 Å². The van der Waals surface area contributed by atoms with E-state index in [0.717, 1.165) is 13.0 Å². The second-order valence-corrected chi connectivity index (χ2v) is 1.17. The Morgan fingerprint density at radius 1 is 1.71 bits per heavy atom. The van der Waals surface area contributed by atoms with Crippen LogP contribution in [0.4, 0.5) is 0 Å². The molecule has 0 spiro atoms. The lowest BCUT2D eigenvalue weighted by Crippen LogP contribution is -2.01. The molecular formula is C5H11N2. The first-order chi connectivity index (χ1) is 3.41. The van der Waals surface area contributed by atoms with Gasteiger partial charge in [0.05, 0.1) is 6.54 Å². The van der Waals surface area contributed by atoms with Gasteiger partial charge < -0.3 is 5.73 Å². The second-order valence-electron chi connectivity index (χ2n) is 1.17. The van der Waals surface area contributed by atoms with E-state index in [4.69, 9.17) is 5.73 Å². The molecule has 0 atom stereocenters. The smallest absolute Gasteiger partial charge is 0.0508 e. The van der Waals surface area contributed by atoms with Gasteiger partial charge in [0.2, 0.25) is 0 Å². The quantitative estimate of drug-likeness (QED) is 0.506. The van der Waals surface area contributed by atoms with Crippen molar-refractivity contribution in [3.63, 3.8) is 0 Å². The van der Waals surface area contributed by atoms with Crippen molar-refractivity contribution in [3.05, 3.63) is 6.92 Å². The van der Waals surface area contributed by atoms with Crippen molar-refractivity contribution in [2.24, 2.45) is 10.7 Å². The molecule has 0 aliphatic carbocycles. The Hall–Kier alpha value is -0.370. The highest BCUT2D eigenvalue weighted by Gasteiger charge is 1.68. The van der Waals surface area contributed by atoms with Gasteiger partial charge >= 0.3 is 0 Å². The Labute approximate surface area is 44.4 Å². The van der Waals surface area contributed by atoms with Gasteiger partial charge in [-0.15, -0.1) is 0 Å². The van der Waals surface area contributed by atoms with Gasteiger partial charge in [0.25, 0.3) is 0 Å². The zero-order valence-corrected chi connectivity index (χ0v) is 4.43. The predicted octanol–water partition coefficient (Wildman–Crippen LogP) is 0.240. The number of rotatable bonds is 3. The number of hydrogen-bond donors (Lipinski definition) is 1. The van der Waals surface area contributed by atoms with E-state index in [0.29, 0.717) is 6.54 Å². The first-order valence-corrected chi connectivity index (χ1v) is 2.39. The Balaban J connectivity index is 2.78. The van der Waals surface area contributed by atoms with E-state index in [1.165, 1.54) is 0 Å². The van der Waals surface area contributed by atoms with E-state index in [1.54, 1.807) is 6.21 Å². The number of aliphatic imine (C=N–C) groups is 1. The maximum atomic E-state index is 5.14. The Bertz CT molecular complexity index is 50.0. The van der Waals surface area contributed by atoms with Gasteiger partial charge in [-0.3, -0.25) is 4.99 Å². The average Bonchev–Trinajstić information content (AvgIpc) is 1.69. The molecule has 41 valence electrons. The van der Waals surface area contributed by atoms with Crippen molar-refractivity contribution in [1.29, 1.82) is 0 Å². The molecule has 2 N–H and O–H groups in total. The highest BCUT2D eigenvalue weighted by atomic mass is 14.7. The molecule has 7 heavy (non-hydrogen) atoms. The van der Waals surface area contributed by atoms with Gasteiger partial charge in [-0.25, -0.2) is 0 Å². The van der Waals surface area contributed by atoms with Crippen molar-refractivity contribution >= 4 is 6.21 Å². The molecule has 0 unspecified atom stereocenters. The number of hydrogen-bond acceptors (Lipinski definition) is 2. The summed E-state index contributed by atoms with van der Waals surface area (Å²) >= 11 is 0. The van der Waals surface area contributed by atoms with Crippen LogP contribution >= 0.6 is 0 Å². The maximum absolute atomic E-state index is 5.14. The van der Waals surface area contributed by atoms with Crippen LogP contribution < -0.4 is 5.73 Å². The summed E-state index contributed by atoms with van der Waals surface area (Å²) in [5, 5.41) is 0. The van der Waals surface area contributed by atoms with E-state index in [-0.39, 0.29) is 0 Å². The van der Waals surface area contributed by atoms with Crippen molar-refractivity contribution in [2.45, 2.75) is 6.42 Å². The summed E-state index contributed by atoms with van der Waals surface area (Å²) in [6.07, 6.45) is 2.53. The molecule has 0 bridgehead atoms. The van der Waals surface area contributed by atoms with Crippen molar-refractivity contribution in [1.82, 2.24) is 0 Å². The van der Waals surface area contributed by atoms with Crippen LogP contribution in [0.15, 0.2) is 4.99 Å². The average molecular weight is 99.2 g/mol. The lowest BCUT2D eigenvalue weighted by Gasteiger charge is -1.81. The van der Waals surface area contributed by atoms with E-state index >= 15 is 0 Å². The molecule has 0 aromatic carbocycles. The van der Waals surface area contributed by atoms with Crippen molar-refractivity contribution in [3.8, 4) is 0 Å². The van der Waals surface area contributed by atoms with Crippen molar-refractivity contribution in [2.75, 3.05) is 13.1 Å². The normalized spacial score (nSPS) is 10.6. The third-order valence-corrected chi connectivity index (χ3v) is 0.516. The third kappa shape index (κ3) is 5.63. The van der Waals surface area contributed by atoms with E-state index in [1.807, 2.05) is 0 Å². The van der Waals surface area contributed by atoms with Crippen molar-refractivity contribution < 1.29 is 0 Å². The van der Waals surface area contributed by atoms with E-state index in [9.17, 15) is 0 Å². The standard InChI is InChI=1S/C5H11N2/c1-2-4-7-5-3-6/h4H,1-3,5-6H2. The van der Waals surface area contributed by atoms with Crippen LogP contribution in [-0.4, -0.2) is 19.3 Å². The van der Waals surface area contributed by atoms with E-state index < -0.39 is 0 Å². The summed E-state index contributed by atoms with van der Waals surface area (Å²) < 4.78 is 0. The van der Waals surface area contributed by atoms with Gasteiger partial charge in [-0.2, -0.15) is 0 Å². The Morgan fingerprint density at radius 3 is 2.86 bits per heavy atom. The predicted molar refractivity (Wildman–Crippen MR) is 32.4 cm³/mol. The van der Waals surface area contributed by atoms with Crippen LogP contribution in [0.2, 0.25) is 0 Å². The summed E-state index contributed by atoms with van der Waals surface area (Å²) in [5.74, 6) is 0. The zero-order chi connectivity index (χ0) is 5.54. The molecule has 0 aromatic heterocycles. The molecule has 1 radical (unpaired) electrons. The topological polar surface area (TPSA) is 38.4 Å². The fourth-order valence-corrected chi connectivity index (χ4v) is 0.257. The highest BCUT2D eigenvalue weighted by Crippen LogP contribution is 1.66. The fourth-order valence-electron chi connectivity index (χ4n) is 0.257. The molecule has 0 saturated carbocycles. The van der Waals surface area contributed by atoms with Crippen LogP contribution in [0.3, 0.4) is 0 Å². The van der Waals surface area contributed by atoms with Gasteiger partial charge in [-0.05, 0) is 19.6 Å². The molecule has 0 aliphatic rings. The monoisotopic (exact) mass is 99.1 g/mol. The lowest BCUT2D eigenvalue weighted by atomic mass is 10.5. The minimum Gasteiger partial charge on any atom is -0.329 e. The zero-order valence-electron chi connectivity index (χ0n) is 4.43. The second kappa shape index (κ2) is 5.63.